The fourth-order valence-corrected chi connectivity index (χ4v) is 0.685. The first kappa shape index (κ1) is 13.4. The second-order valence-corrected chi connectivity index (χ2v) is 2.13. The van der Waals surface area contributed by atoms with Crippen molar-refractivity contribution in [3.63, 3.8) is 0 Å². The molecule has 0 amide bonds. The summed E-state index contributed by atoms with van der Waals surface area (Å²) in [6, 6.07) is 7.13. The topological polar surface area (TPSA) is 23.9 Å². The van der Waals surface area contributed by atoms with Crippen molar-refractivity contribution in [2.24, 2.45) is 0 Å². The van der Waals surface area contributed by atoms with E-state index in [9.17, 15) is 0 Å². The van der Waals surface area contributed by atoms with Crippen molar-refractivity contribution in [2.75, 3.05) is 0 Å². The molecule has 4 heteroatoms. The highest BCUT2D eigenvalue weighted by Crippen LogP contribution is 2.07. The van der Waals surface area contributed by atoms with E-state index in [0.29, 0.717) is 5.02 Å². The quantitative estimate of drug-likeness (QED) is 0.462. The molecular formula is C7H6Cl3N-2. The summed E-state index contributed by atoms with van der Waals surface area (Å²) in [6.45, 7) is 0. The summed E-state index contributed by atoms with van der Waals surface area (Å²) >= 11 is 5.59. The van der Waals surface area contributed by atoms with Gasteiger partial charge in [-0.1, -0.05) is 23.7 Å². The van der Waals surface area contributed by atoms with E-state index in [1.807, 2.05) is 0 Å². The molecule has 1 N–H and O–H groups in total. The molecule has 1 aromatic rings. The van der Waals surface area contributed by atoms with Crippen LogP contribution in [0.1, 0.15) is 5.56 Å². The van der Waals surface area contributed by atoms with Crippen LogP contribution in [0.15, 0.2) is 24.3 Å². The van der Waals surface area contributed by atoms with E-state index in [1.165, 1.54) is 6.21 Å². The van der Waals surface area contributed by atoms with E-state index in [0.717, 1.165) is 5.56 Å². The normalized spacial score (nSPS) is 7.36. The first-order valence-corrected chi connectivity index (χ1v) is 2.97. The summed E-state index contributed by atoms with van der Waals surface area (Å²) in [5.41, 5.74) is 0.874. The predicted octanol–water partition coefficient (Wildman–Crippen LogP) is -3.65. The largest absolute Gasteiger partial charge is 1.00 e. The summed E-state index contributed by atoms with van der Waals surface area (Å²) in [6.07, 6.45) is 1.29. The Balaban J connectivity index is 0. The van der Waals surface area contributed by atoms with Gasteiger partial charge in [-0.15, -0.1) is 0 Å². The number of rotatable bonds is 1. The average molecular weight is 210 g/mol. The molecule has 0 aliphatic rings. The van der Waals surface area contributed by atoms with E-state index in [1.54, 1.807) is 24.3 Å². The van der Waals surface area contributed by atoms with Crippen LogP contribution in [0.25, 0.3) is 0 Å². The second kappa shape index (κ2) is 6.47. The molecule has 0 fully saturated rings. The lowest BCUT2D eigenvalue weighted by Gasteiger charge is -1.88. The van der Waals surface area contributed by atoms with Crippen molar-refractivity contribution in [1.82, 2.24) is 0 Å². The molecule has 0 saturated heterocycles. The van der Waals surface area contributed by atoms with Crippen LogP contribution in [0, 0.1) is 5.41 Å². The van der Waals surface area contributed by atoms with Gasteiger partial charge in [0, 0.05) is 11.2 Å². The van der Waals surface area contributed by atoms with Gasteiger partial charge in [0.2, 0.25) is 0 Å². The van der Waals surface area contributed by atoms with Crippen molar-refractivity contribution < 1.29 is 24.8 Å². The molecule has 62 valence electrons. The second-order valence-electron chi connectivity index (χ2n) is 1.70. The van der Waals surface area contributed by atoms with Crippen LogP contribution in [0.3, 0.4) is 0 Å². The Morgan fingerprint density at radius 2 is 1.55 bits per heavy atom. The minimum atomic E-state index is 0. The third-order valence-electron chi connectivity index (χ3n) is 1.04. The van der Waals surface area contributed by atoms with Gasteiger partial charge < -0.3 is 30.2 Å². The maximum atomic E-state index is 6.85. The predicted molar refractivity (Wildman–Crippen MR) is 39.3 cm³/mol. The molecule has 0 aliphatic carbocycles. The van der Waals surface area contributed by atoms with Gasteiger partial charge >= 0.3 is 0 Å². The zero-order valence-electron chi connectivity index (χ0n) is 5.52. The standard InChI is InChI=1S/C7H6ClN.2ClH/c8-7-3-1-6(5-9)2-4-7;;/h1-5,9H;2*1H/p-2. The molecule has 0 aromatic heterocycles. The van der Waals surface area contributed by atoms with Crippen LogP contribution in [-0.4, -0.2) is 6.21 Å². The molecule has 0 bridgehead atoms. The van der Waals surface area contributed by atoms with Gasteiger partial charge in [0.1, 0.15) is 0 Å². The molecule has 0 unspecified atom stereocenters. The maximum Gasteiger partial charge on any atom is 0.0406 e. The minimum absolute atomic E-state index is 0. The van der Waals surface area contributed by atoms with Crippen molar-refractivity contribution in [1.29, 1.82) is 5.41 Å². The number of hydrogen-bond acceptors (Lipinski definition) is 1. The van der Waals surface area contributed by atoms with Crippen LogP contribution in [0.2, 0.25) is 5.02 Å². The number of halogens is 3. The molecule has 1 nitrogen and oxygen atoms in total. The van der Waals surface area contributed by atoms with Gasteiger partial charge in [0.05, 0.1) is 0 Å². The Kier molecular flexibility index (Phi) is 7.85. The van der Waals surface area contributed by atoms with Gasteiger partial charge in [-0.2, -0.15) is 0 Å². The summed E-state index contributed by atoms with van der Waals surface area (Å²) in [5.74, 6) is 0. The van der Waals surface area contributed by atoms with Gasteiger partial charge in [-0.05, 0) is 17.7 Å². The fraction of sp³-hybridized carbons (Fsp3) is 0. The van der Waals surface area contributed by atoms with E-state index < -0.39 is 0 Å². The zero-order chi connectivity index (χ0) is 6.69. The Labute approximate surface area is 83.1 Å². The lowest BCUT2D eigenvalue weighted by Crippen LogP contribution is -3.00. The Hall–Kier alpha value is -0.240. The highest BCUT2D eigenvalue weighted by Gasteiger charge is 1.84. The van der Waals surface area contributed by atoms with Crippen molar-refractivity contribution in [2.45, 2.75) is 0 Å². The first-order chi connectivity index (χ1) is 4.33. The monoisotopic (exact) mass is 209 g/mol. The van der Waals surface area contributed by atoms with Crippen LogP contribution in [0.5, 0.6) is 0 Å². The minimum Gasteiger partial charge on any atom is -1.00 e. The third kappa shape index (κ3) is 4.25. The van der Waals surface area contributed by atoms with Crippen molar-refractivity contribution in [3.8, 4) is 0 Å². The van der Waals surface area contributed by atoms with E-state index in [2.05, 4.69) is 0 Å². The maximum absolute atomic E-state index is 6.85. The highest BCUT2D eigenvalue weighted by molar-refractivity contribution is 6.30. The molecular weight excluding hydrogens is 204 g/mol. The molecule has 0 spiro atoms. The Bertz CT molecular complexity index is 207. The van der Waals surface area contributed by atoms with Gasteiger partial charge in [0.25, 0.3) is 0 Å². The van der Waals surface area contributed by atoms with Crippen molar-refractivity contribution >= 4 is 17.8 Å². The summed E-state index contributed by atoms with van der Waals surface area (Å²) in [7, 11) is 0. The lowest BCUT2D eigenvalue weighted by atomic mass is 10.2. The molecule has 0 aliphatic heterocycles. The number of nitrogens with one attached hydrogen (secondary N) is 1. The highest BCUT2D eigenvalue weighted by atomic mass is 35.5. The van der Waals surface area contributed by atoms with Crippen LogP contribution >= 0.6 is 11.6 Å². The fourth-order valence-electron chi connectivity index (χ4n) is 0.559. The zero-order valence-corrected chi connectivity index (χ0v) is 7.79. The van der Waals surface area contributed by atoms with Crippen LogP contribution in [0.4, 0.5) is 0 Å². The molecule has 0 atom stereocenters. The van der Waals surface area contributed by atoms with E-state index >= 15 is 0 Å². The molecule has 0 radical (unpaired) electrons. The molecule has 11 heavy (non-hydrogen) atoms. The van der Waals surface area contributed by atoms with Gasteiger partial charge in [0.15, 0.2) is 0 Å². The van der Waals surface area contributed by atoms with Crippen LogP contribution < -0.4 is 24.8 Å². The van der Waals surface area contributed by atoms with E-state index in [4.69, 9.17) is 17.0 Å². The van der Waals surface area contributed by atoms with Crippen LogP contribution in [-0.2, 0) is 0 Å². The summed E-state index contributed by atoms with van der Waals surface area (Å²) < 4.78 is 0. The average Bonchev–Trinajstić information content (AvgIpc) is 1.90. The SMILES string of the molecule is N=Cc1ccc(Cl)cc1.[Cl-].[Cl-]. The molecule has 1 aromatic carbocycles. The summed E-state index contributed by atoms with van der Waals surface area (Å²) in [5, 5.41) is 7.55. The Morgan fingerprint density at radius 1 is 1.09 bits per heavy atom. The van der Waals surface area contributed by atoms with E-state index in [-0.39, 0.29) is 24.8 Å². The molecule has 0 saturated carbocycles. The molecule has 0 heterocycles. The summed E-state index contributed by atoms with van der Waals surface area (Å²) in [4.78, 5) is 0. The first-order valence-electron chi connectivity index (χ1n) is 2.59. The number of benzene rings is 1. The van der Waals surface area contributed by atoms with Gasteiger partial charge in [-0.25, -0.2) is 0 Å². The lowest BCUT2D eigenvalue weighted by molar-refractivity contribution is -0.00100. The smallest absolute Gasteiger partial charge is 0.0406 e. The van der Waals surface area contributed by atoms with Gasteiger partial charge in [-0.3, -0.25) is 0 Å². The Morgan fingerprint density at radius 3 is 1.91 bits per heavy atom. The van der Waals surface area contributed by atoms with Crippen molar-refractivity contribution in [3.05, 3.63) is 34.9 Å². The third-order valence-corrected chi connectivity index (χ3v) is 1.29. The molecule has 1 rings (SSSR count). The number of hydrogen-bond donors (Lipinski definition) is 1.